The first kappa shape index (κ1) is 21.9. The fourth-order valence-electron chi connectivity index (χ4n) is 5.59. The number of hydrogen-bond acceptors (Lipinski definition) is 6. The van der Waals surface area contributed by atoms with E-state index in [2.05, 4.69) is 32.1 Å². The number of fused-ring (bicyclic) bond motifs is 1. The minimum absolute atomic E-state index is 0.00113. The number of hydrogen-bond donors (Lipinski definition) is 1. The molecule has 2 aromatic rings. The fraction of sp³-hybridized carbons (Fsp3) is 0.560. The van der Waals surface area contributed by atoms with Crippen molar-refractivity contribution in [2.24, 2.45) is 0 Å². The zero-order valence-electron chi connectivity index (χ0n) is 19.3. The molecule has 176 valence electrons. The zero-order valence-corrected chi connectivity index (χ0v) is 19.3. The Labute approximate surface area is 194 Å². The predicted molar refractivity (Wildman–Crippen MR) is 125 cm³/mol. The highest BCUT2D eigenvalue weighted by Gasteiger charge is 2.34. The van der Waals surface area contributed by atoms with Gasteiger partial charge in [-0.2, -0.15) is 5.10 Å². The maximum atomic E-state index is 12.8. The summed E-state index contributed by atoms with van der Waals surface area (Å²) in [5.41, 5.74) is 4.85. The number of esters is 1. The van der Waals surface area contributed by atoms with Gasteiger partial charge in [-0.1, -0.05) is 12.1 Å². The molecule has 0 bridgehead atoms. The van der Waals surface area contributed by atoms with E-state index in [1.807, 2.05) is 18.3 Å². The molecular formula is C25H33N5O3. The lowest BCUT2D eigenvalue weighted by Crippen LogP contribution is -2.46. The average Bonchev–Trinajstić information content (AvgIpc) is 3.53. The highest BCUT2D eigenvalue weighted by molar-refractivity contribution is 5.86. The van der Waals surface area contributed by atoms with Gasteiger partial charge in [0.1, 0.15) is 6.04 Å². The summed E-state index contributed by atoms with van der Waals surface area (Å²) >= 11 is 0. The minimum Gasteiger partial charge on any atom is -0.467 e. The van der Waals surface area contributed by atoms with Gasteiger partial charge in [-0.3, -0.25) is 14.8 Å². The minimum atomic E-state index is -0.428. The summed E-state index contributed by atoms with van der Waals surface area (Å²) in [5, 5.41) is 7.32. The van der Waals surface area contributed by atoms with Crippen LogP contribution in [0.2, 0.25) is 0 Å². The molecule has 4 heterocycles. The maximum Gasteiger partial charge on any atom is 0.328 e. The molecule has 3 aliphatic heterocycles. The number of H-pyrrole nitrogens is 1. The number of amides is 1. The summed E-state index contributed by atoms with van der Waals surface area (Å²) in [6, 6.07) is 8.56. The van der Waals surface area contributed by atoms with E-state index in [0.29, 0.717) is 25.4 Å². The number of carbonyl (C=O) groups is 2. The molecule has 0 unspecified atom stereocenters. The number of carbonyl (C=O) groups excluding carboxylic acids is 2. The molecule has 0 aliphatic carbocycles. The standard InChI is InChI=1S/C25H33N5O3/c1-33-25(32)23-3-2-11-30(23)24(31)15-18-4-6-20(7-5-18)28-12-8-21(9-13-28)29-14-10-22-19(17-29)16-26-27-22/h4-7,16,21,23H,2-3,8-15,17H2,1H3,(H,26,27)/t23-/m0/s1. The van der Waals surface area contributed by atoms with E-state index in [-0.39, 0.29) is 11.9 Å². The van der Waals surface area contributed by atoms with Crippen LogP contribution in [0.15, 0.2) is 30.5 Å². The van der Waals surface area contributed by atoms with Gasteiger partial charge in [0.05, 0.1) is 19.7 Å². The Morgan fingerprint density at radius 3 is 2.64 bits per heavy atom. The quantitative estimate of drug-likeness (QED) is 0.702. The highest BCUT2D eigenvalue weighted by atomic mass is 16.5. The lowest BCUT2D eigenvalue weighted by molar-refractivity contribution is -0.150. The second kappa shape index (κ2) is 9.55. The highest BCUT2D eigenvalue weighted by Crippen LogP contribution is 2.27. The van der Waals surface area contributed by atoms with Crippen molar-refractivity contribution < 1.29 is 14.3 Å². The van der Waals surface area contributed by atoms with Gasteiger partial charge in [-0.25, -0.2) is 4.79 Å². The van der Waals surface area contributed by atoms with Crippen molar-refractivity contribution in [3.05, 3.63) is 47.3 Å². The van der Waals surface area contributed by atoms with E-state index in [1.54, 1.807) is 4.90 Å². The van der Waals surface area contributed by atoms with Crippen molar-refractivity contribution in [2.75, 3.05) is 38.2 Å². The summed E-state index contributed by atoms with van der Waals surface area (Å²) in [6.07, 6.45) is 7.22. The van der Waals surface area contributed by atoms with Crippen LogP contribution in [0.1, 0.15) is 42.5 Å². The van der Waals surface area contributed by atoms with Crippen LogP contribution < -0.4 is 4.90 Å². The lowest BCUT2D eigenvalue weighted by Gasteiger charge is -2.40. The van der Waals surface area contributed by atoms with Crippen LogP contribution in [-0.4, -0.2) is 77.2 Å². The number of aromatic amines is 1. The van der Waals surface area contributed by atoms with Crippen molar-refractivity contribution in [1.82, 2.24) is 20.0 Å². The van der Waals surface area contributed by atoms with Gasteiger partial charge in [0.25, 0.3) is 0 Å². The number of rotatable bonds is 5. The summed E-state index contributed by atoms with van der Waals surface area (Å²) < 4.78 is 4.86. The Morgan fingerprint density at radius 2 is 1.88 bits per heavy atom. The van der Waals surface area contributed by atoms with Crippen molar-refractivity contribution in [3.63, 3.8) is 0 Å². The number of aromatic nitrogens is 2. The molecule has 1 aromatic heterocycles. The van der Waals surface area contributed by atoms with Crippen LogP contribution in [0.5, 0.6) is 0 Å². The molecule has 0 saturated carbocycles. The van der Waals surface area contributed by atoms with E-state index in [1.165, 1.54) is 24.1 Å². The molecule has 2 fully saturated rings. The van der Waals surface area contributed by atoms with Crippen molar-refractivity contribution >= 4 is 17.6 Å². The number of anilines is 1. The smallest absolute Gasteiger partial charge is 0.328 e. The summed E-state index contributed by atoms with van der Waals surface area (Å²) in [5.74, 6) is -0.312. The van der Waals surface area contributed by atoms with E-state index < -0.39 is 6.04 Å². The number of piperidine rings is 1. The van der Waals surface area contributed by atoms with Gasteiger partial charge in [0.15, 0.2) is 0 Å². The molecule has 2 saturated heterocycles. The van der Waals surface area contributed by atoms with E-state index in [0.717, 1.165) is 57.4 Å². The molecule has 33 heavy (non-hydrogen) atoms. The Hall–Kier alpha value is -2.87. The van der Waals surface area contributed by atoms with E-state index >= 15 is 0 Å². The number of benzene rings is 1. The second-order valence-corrected chi connectivity index (χ2v) is 9.42. The third-order valence-corrected chi connectivity index (χ3v) is 7.51. The molecular weight excluding hydrogens is 418 g/mol. The third kappa shape index (κ3) is 4.62. The van der Waals surface area contributed by atoms with Crippen LogP contribution in [-0.2, 0) is 33.7 Å². The van der Waals surface area contributed by atoms with Gasteiger partial charge >= 0.3 is 5.97 Å². The first-order chi connectivity index (χ1) is 16.1. The molecule has 5 rings (SSSR count). The van der Waals surface area contributed by atoms with Crippen molar-refractivity contribution in [1.29, 1.82) is 0 Å². The number of ether oxygens (including phenoxy) is 1. The molecule has 1 atom stereocenters. The third-order valence-electron chi connectivity index (χ3n) is 7.51. The first-order valence-electron chi connectivity index (χ1n) is 12.1. The Balaban J connectivity index is 1.13. The van der Waals surface area contributed by atoms with Crippen LogP contribution >= 0.6 is 0 Å². The molecule has 1 amide bonds. The molecule has 8 heteroatoms. The van der Waals surface area contributed by atoms with Crippen LogP contribution in [0.4, 0.5) is 5.69 Å². The molecule has 1 N–H and O–H groups in total. The SMILES string of the molecule is COC(=O)[C@@H]1CCCN1C(=O)Cc1ccc(N2CCC(N3CCc4[nH]ncc4C3)CC2)cc1. The maximum absolute atomic E-state index is 12.8. The van der Waals surface area contributed by atoms with Crippen LogP contribution in [0, 0.1) is 0 Å². The second-order valence-electron chi connectivity index (χ2n) is 9.42. The summed E-state index contributed by atoms with van der Waals surface area (Å²) in [7, 11) is 1.38. The van der Waals surface area contributed by atoms with Crippen molar-refractivity contribution in [3.8, 4) is 0 Å². The normalized spacial score (nSPS) is 21.8. The predicted octanol–water partition coefficient (Wildman–Crippen LogP) is 2.14. The fourth-order valence-corrected chi connectivity index (χ4v) is 5.59. The van der Waals surface area contributed by atoms with Crippen molar-refractivity contribution in [2.45, 2.75) is 57.2 Å². The van der Waals surface area contributed by atoms with Gasteiger partial charge in [0.2, 0.25) is 5.91 Å². The van der Waals surface area contributed by atoms with Crippen LogP contribution in [0.3, 0.4) is 0 Å². The summed E-state index contributed by atoms with van der Waals surface area (Å²) in [6.45, 7) is 4.84. The molecule has 3 aliphatic rings. The van der Waals surface area contributed by atoms with E-state index in [9.17, 15) is 9.59 Å². The Morgan fingerprint density at radius 1 is 1.09 bits per heavy atom. The number of nitrogens with zero attached hydrogens (tertiary/aromatic N) is 4. The largest absolute Gasteiger partial charge is 0.467 e. The van der Waals surface area contributed by atoms with E-state index in [4.69, 9.17) is 4.74 Å². The topological polar surface area (TPSA) is 81.8 Å². The molecule has 0 spiro atoms. The molecule has 8 nitrogen and oxygen atoms in total. The lowest BCUT2D eigenvalue weighted by atomic mass is 9.98. The van der Waals surface area contributed by atoms with Crippen LogP contribution in [0.25, 0.3) is 0 Å². The van der Waals surface area contributed by atoms with Gasteiger partial charge in [0, 0.05) is 62.1 Å². The number of nitrogens with one attached hydrogen (secondary N) is 1. The number of methoxy groups -OCH3 is 1. The van der Waals surface area contributed by atoms with Gasteiger partial charge in [-0.05, 0) is 43.4 Å². The number of likely N-dealkylation sites (tertiary alicyclic amines) is 1. The van der Waals surface area contributed by atoms with Gasteiger partial charge < -0.3 is 14.5 Å². The molecule has 1 aromatic carbocycles. The Bertz CT molecular complexity index is 980. The van der Waals surface area contributed by atoms with Gasteiger partial charge in [-0.15, -0.1) is 0 Å². The molecule has 0 radical (unpaired) electrons. The Kier molecular flexibility index (Phi) is 6.35. The summed E-state index contributed by atoms with van der Waals surface area (Å²) in [4.78, 5) is 31.5. The monoisotopic (exact) mass is 451 g/mol. The zero-order chi connectivity index (χ0) is 22.8. The first-order valence-corrected chi connectivity index (χ1v) is 12.1. The average molecular weight is 452 g/mol.